The molecule has 0 amide bonds. The van der Waals surface area contributed by atoms with E-state index in [1.54, 1.807) is 0 Å². The van der Waals surface area contributed by atoms with E-state index in [1.807, 2.05) is 0 Å². The third kappa shape index (κ3) is 103. The Hall–Kier alpha value is 1.48. The first kappa shape index (κ1) is 15.8. The van der Waals surface area contributed by atoms with Crippen molar-refractivity contribution in [3.05, 3.63) is 0 Å². The summed E-state index contributed by atoms with van der Waals surface area (Å²) in [5.74, 6) is 0. The Kier molecular flexibility index (Phi) is 12.7. The van der Waals surface area contributed by atoms with Crippen molar-refractivity contribution < 1.29 is 81.5 Å². The van der Waals surface area contributed by atoms with Gasteiger partial charge in [-0.1, -0.05) is 0 Å². The van der Waals surface area contributed by atoms with Crippen LogP contribution in [-0.2, 0) is 24.5 Å². The van der Waals surface area contributed by atoms with Crippen molar-refractivity contribution in [2.45, 2.75) is 0 Å². The van der Waals surface area contributed by atoms with Crippen LogP contribution in [0.4, 0.5) is 0 Å². The molecule has 0 aliphatic rings. The third-order valence-electron chi connectivity index (χ3n) is 0. The average molecular weight is 177 g/mol. The second kappa shape index (κ2) is 5.61. The molecule has 7 heavy (non-hydrogen) atoms. The molecule has 0 saturated carbocycles. The van der Waals surface area contributed by atoms with E-state index in [2.05, 4.69) is 0 Å². The van der Waals surface area contributed by atoms with Crippen molar-refractivity contribution in [3.63, 3.8) is 0 Å². The van der Waals surface area contributed by atoms with Crippen molar-refractivity contribution >= 4 is 0 Å². The van der Waals surface area contributed by atoms with Gasteiger partial charge in [0.15, 0.2) is 0 Å². The van der Waals surface area contributed by atoms with Crippen LogP contribution < -0.4 is 57.5 Å². The molecule has 0 fully saturated rings. The summed E-state index contributed by atoms with van der Waals surface area (Å²) in [5.41, 5.74) is 0. The zero-order chi connectivity index (χ0) is 4.50. The summed E-state index contributed by atoms with van der Waals surface area (Å²) in [6.07, 6.45) is 0. The van der Waals surface area contributed by atoms with Gasteiger partial charge in [-0.3, -0.25) is 0 Å². The summed E-state index contributed by atoms with van der Waals surface area (Å²) in [6.45, 7) is 0. The monoisotopic (exact) mass is 177 g/mol. The van der Waals surface area contributed by atoms with Gasteiger partial charge in [0.1, 0.15) is 0 Å². The zero-order valence-corrected chi connectivity index (χ0v) is 8.06. The van der Waals surface area contributed by atoms with Gasteiger partial charge in [-0.05, 0) is 0 Å². The van der Waals surface area contributed by atoms with E-state index in [-0.39, 0.29) is 59.0 Å². The second-order valence-corrected chi connectivity index (χ2v) is 1.63. The van der Waals surface area contributed by atoms with Gasteiger partial charge in [-0.25, -0.2) is 0 Å². The Morgan fingerprint density at radius 3 is 1.29 bits per heavy atom. The molecular weight excluding hydrogens is 172 g/mol. The Morgan fingerprint density at radius 2 is 1.29 bits per heavy atom. The normalized spacial score (nSPS) is 8.14. The number of hydrogen-bond donors (Lipinski definition) is 2. The van der Waals surface area contributed by atoms with Crippen LogP contribution in [0.15, 0.2) is 0 Å². The summed E-state index contributed by atoms with van der Waals surface area (Å²) in [5, 5.41) is 0. The van der Waals surface area contributed by atoms with Gasteiger partial charge < -0.3 is 7.58 Å². The van der Waals surface area contributed by atoms with E-state index in [4.69, 9.17) is 15.7 Å². The Morgan fingerprint density at radius 1 is 1.29 bits per heavy atom. The van der Waals surface area contributed by atoms with Gasteiger partial charge in [-0.15, -0.1) is 0 Å². The molecule has 0 bridgehead atoms. The minimum atomic E-state index is -5.38. The zero-order valence-electron chi connectivity index (χ0n) is 4.76. The summed E-state index contributed by atoms with van der Waals surface area (Å²) >= 11 is -5.38. The molecule has 7 heteroatoms. The standard InChI is InChI=1S/K.Mn.H3N.H2O.3O.H/h;;1H3;1H2;;;;/q2*+1;;;;;;-1/p-1. The van der Waals surface area contributed by atoms with Crippen LogP contribution in [0.25, 0.3) is 0 Å². The van der Waals surface area contributed by atoms with Gasteiger partial charge in [0.2, 0.25) is 0 Å². The van der Waals surface area contributed by atoms with Crippen LogP contribution >= 0.6 is 0 Å². The predicted molar refractivity (Wildman–Crippen MR) is 10.4 cm³/mol. The fourth-order valence-corrected chi connectivity index (χ4v) is 0. The van der Waals surface area contributed by atoms with Gasteiger partial charge >= 0.3 is 80.0 Å². The molecule has 0 heterocycles. The van der Waals surface area contributed by atoms with E-state index in [9.17, 15) is 0 Å². The summed E-state index contributed by atoms with van der Waals surface area (Å²) in [6, 6.07) is 0. The van der Waals surface area contributed by atoms with E-state index in [0.717, 1.165) is 0 Å². The minimum absolute atomic E-state index is 0. The van der Waals surface area contributed by atoms with Crippen molar-refractivity contribution in [2.24, 2.45) is 0 Å². The summed E-state index contributed by atoms with van der Waals surface area (Å²) in [7, 11) is 0. The predicted octanol–water partition coefficient (Wildman–Crippen LogP) is -3.64. The molecule has 0 spiro atoms. The average Bonchev–Trinajstić information content (AvgIpc) is 0.722. The molecule has 0 saturated heterocycles. The molecule has 5 nitrogen and oxygen atoms in total. The maximum absolute atomic E-state index is 8.69. The van der Waals surface area contributed by atoms with E-state index in [0.29, 0.717) is 0 Å². The fraction of sp³-hybridized carbons (Fsp3) is 0. The van der Waals surface area contributed by atoms with Crippen LogP contribution in [-0.4, -0.2) is 4.19 Å². The van der Waals surface area contributed by atoms with Crippen LogP contribution in [0, 0.1) is 0 Å². The number of rotatable bonds is 0. The van der Waals surface area contributed by atoms with Gasteiger partial charge in [0.05, 0.1) is 0 Å². The molecule has 0 aromatic heterocycles. The van der Waals surface area contributed by atoms with Crippen LogP contribution in [0.2, 0.25) is 0 Å². The third-order valence-corrected chi connectivity index (χ3v) is 0. The van der Waals surface area contributed by atoms with Crippen molar-refractivity contribution in [1.29, 1.82) is 0 Å². The topological polar surface area (TPSA) is 106 Å². The fourth-order valence-electron chi connectivity index (χ4n) is 0. The van der Waals surface area contributed by atoms with E-state index in [1.165, 1.54) is 0 Å². The Balaban J connectivity index is -0.0000000267. The molecule has 0 aliphatic carbocycles. The molecule has 4 N–H and O–H groups in total. The van der Waals surface area contributed by atoms with Gasteiger partial charge in [0.25, 0.3) is 0 Å². The molecular formula is H5KMnNO4. The first-order chi connectivity index (χ1) is 2.00. The molecule has 0 radical (unpaired) electrons. The van der Waals surface area contributed by atoms with Gasteiger partial charge in [0, 0.05) is 0 Å². The van der Waals surface area contributed by atoms with Crippen molar-refractivity contribution in [2.75, 3.05) is 0 Å². The first-order valence-corrected chi connectivity index (χ1v) is 2.61. The molecule has 0 aromatic rings. The Bertz CT molecular complexity index is 137. The maximum atomic E-state index is 8.69. The number of hydrogen-bond acceptors (Lipinski definition) is 4. The molecule has 0 aromatic carbocycles. The summed E-state index contributed by atoms with van der Waals surface area (Å²) in [4.78, 5) is 0. The van der Waals surface area contributed by atoms with Crippen LogP contribution in [0.3, 0.4) is 0 Å². The van der Waals surface area contributed by atoms with Gasteiger partial charge in [-0.2, -0.15) is 0 Å². The SMILES string of the molecule is N.[H-].[K+].[O]=[Mn](=[O])(=[O])[OH]. The Labute approximate surface area is 86.1 Å². The van der Waals surface area contributed by atoms with Crippen LogP contribution in [0.1, 0.15) is 1.43 Å². The molecule has 0 rings (SSSR count). The quantitative estimate of drug-likeness (QED) is 0.371. The molecule has 0 atom stereocenters. The van der Waals surface area contributed by atoms with Crippen molar-refractivity contribution in [1.82, 2.24) is 6.15 Å². The van der Waals surface area contributed by atoms with E-state index < -0.39 is 13.0 Å². The summed E-state index contributed by atoms with van der Waals surface area (Å²) < 4.78 is 33.1. The van der Waals surface area contributed by atoms with E-state index >= 15 is 0 Å². The van der Waals surface area contributed by atoms with Crippen molar-refractivity contribution in [3.8, 4) is 0 Å². The first-order valence-electron chi connectivity index (χ1n) is 0.632. The molecule has 42 valence electrons. The molecule has 0 unspecified atom stereocenters. The second-order valence-electron chi connectivity index (χ2n) is 0.396. The van der Waals surface area contributed by atoms with Crippen LogP contribution in [0.5, 0.6) is 0 Å². The molecule has 0 aliphatic heterocycles.